The molecule has 0 saturated carbocycles. The van der Waals surface area contributed by atoms with Crippen molar-refractivity contribution in [2.75, 3.05) is 20.7 Å². The molecule has 1 N–H and O–H groups in total. The molecule has 0 fully saturated rings. The van der Waals surface area contributed by atoms with Gasteiger partial charge in [-0.3, -0.25) is 9.59 Å². The third-order valence-electron chi connectivity index (χ3n) is 2.89. The van der Waals surface area contributed by atoms with Crippen LogP contribution in [0.5, 0.6) is 5.75 Å². The average molecular weight is 292 g/mol. The fraction of sp³-hybridized carbons (Fsp3) is 0.500. The van der Waals surface area contributed by atoms with Gasteiger partial charge in [-0.05, 0) is 24.5 Å². The Morgan fingerprint density at radius 2 is 1.81 bits per heavy atom. The SMILES string of the molecule is CC(C)C[C@H](NC(=O)COc1ccccc1)C(=O)N(C)C. The van der Waals surface area contributed by atoms with E-state index in [0.717, 1.165) is 0 Å². The van der Waals surface area contributed by atoms with Crippen LogP contribution in [-0.2, 0) is 9.59 Å². The number of nitrogens with one attached hydrogen (secondary N) is 1. The first kappa shape index (κ1) is 17.0. The molecule has 0 aromatic heterocycles. The van der Waals surface area contributed by atoms with E-state index >= 15 is 0 Å². The normalized spacial score (nSPS) is 11.9. The Morgan fingerprint density at radius 3 is 2.33 bits per heavy atom. The molecule has 0 aliphatic rings. The third kappa shape index (κ3) is 6.29. The lowest BCUT2D eigenvalue weighted by Crippen LogP contribution is -2.48. The summed E-state index contributed by atoms with van der Waals surface area (Å²) in [6, 6.07) is 8.61. The van der Waals surface area contributed by atoms with Crippen LogP contribution in [0.3, 0.4) is 0 Å². The number of benzene rings is 1. The minimum atomic E-state index is -0.508. The molecular weight excluding hydrogens is 268 g/mol. The van der Waals surface area contributed by atoms with Crippen molar-refractivity contribution in [3.8, 4) is 5.75 Å². The summed E-state index contributed by atoms with van der Waals surface area (Å²) in [4.78, 5) is 25.5. The molecule has 5 nitrogen and oxygen atoms in total. The van der Waals surface area contributed by atoms with E-state index in [2.05, 4.69) is 5.32 Å². The highest BCUT2D eigenvalue weighted by Gasteiger charge is 2.23. The highest BCUT2D eigenvalue weighted by Crippen LogP contribution is 2.09. The van der Waals surface area contributed by atoms with E-state index in [1.165, 1.54) is 4.90 Å². The van der Waals surface area contributed by atoms with Gasteiger partial charge in [-0.15, -0.1) is 0 Å². The topological polar surface area (TPSA) is 58.6 Å². The number of amides is 2. The summed E-state index contributed by atoms with van der Waals surface area (Å²) in [5.74, 6) is 0.553. The molecular formula is C16H24N2O3. The van der Waals surface area contributed by atoms with Crippen molar-refractivity contribution in [2.24, 2.45) is 5.92 Å². The third-order valence-corrected chi connectivity index (χ3v) is 2.89. The quantitative estimate of drug-likeness (QED) is 0.832. The molecule has 1 aromatic carbocycles. The Labute approximate surface area is 126 Å². The monoisotopic (exact) mass is 292 g/mol. The van der Waals surface area contributed by atoms with Gasteiger partial charge in [0.25, 0.3) is 5.91 Å². The second kappa shape index (κ2) is 8.29. The molecule has 0 spiro atoms. The molecule has 0 aliphatic carbocycles. The number of carbonyl (C=O) groups excluding carboxylic acids is 2. The smallest absolute Gasteiger partial charge is 0.258 e. The Bertz CT molecular complexity index is 458. The van der Waals surface area contributed by atoms with Crippen LogP contribution in [0.4, 0.5) is 0 Å². The maximum Gasteiger partial charge on any atom is 0.258 e. The van der Waals surface area contributed by atoms with Crippen LogP contribution in [0.15, 0.2) is 30.3 Å². The Hall–Kier alpha value is -2.04. The van der Waals surface area contributed by atoms with E-state index in [9.17, 15) is 9.59 Å². The molecule has 5 heteroatoms. The highest BCUT2D eigenvalue weighted by molar-refractivity contribution is 5.87. The number of carbonyl (C=O) groups is 2. The number of hydrogen-bond acceptors (Lipinski definition) is 3. The van der Waals surface area contributed by atoms with E-state index in [-0.39, 0.29) is 18.4 Å². The van der Waals surface area contributed by atoms with Gasteiger partial charge in [0.1, 0.15) is 11.8 Å². The highest BCUT2D eigenvalue weighted by atomic mass is 16.5. The van der Waals surface area contributed by atoms with Crippen LogP contribution in [0.25, 0.3) is 0 Å². The fourth-order valence-corrected chi connectivity index (χ4v) is 1.91. The van der Waals surface area contributed by atoms with Gasteiger partial charge < -0.3 is 15.0 Å². The van der Waals surface area contributed by atoms with Crippen molar-refractivity contribution < 1.29 is 14.3 Å². The van der Waals surface area contributed by atoms with Crippen molar-refractivity contribution in [3.05, 3.63) is 30.3 Å². The summed E-state index contributed by atoms with van der Waals surface area (Å²) in [5.41, 5.74) is 0. The molecule has 1 rings (SSSR count). The van der Waals surface area contributed by atoms with E-state index in [0.29, 0.717) is 18.1 Å². The van der Waals surface area contributed by atoms with Crippen LogP contribution in [0.1, 0.15) is 20.3 Å². The van der Waals surface area contributed by atoms with Crippen molar-refractivity contribution in [1.82, 2.24) is 10.2 Å². The zero-order valence-corrected chi connectivity index (χ0v) is 13.1. The summed E-state index contributed by atoms with van der Waals surface area (Å²) < 4.78 is 5.38. The van der Waals surface area contributed by atoms with Crippen LogP contribution < -0.4 is 10.1 Å². The zero-order chi connectivity index (χ0) is 15.8. The number of ether oxygens (including phenoxy) is 1. The maximum absolute atomic E-state index is 12.1. The van der Waals surface area contributed by atoms with Crippen LogP contribution >= 0.6 is 0 Å². The number of para-hydroxylation sites is 1. The molecule has 0 radical (unpaired) electrons. The van der Waals surface area contributed by atoms with Gasteiger partial charge in [-0.25, -0.2) is 0 Å². The predicted molar refractivity (Wildman–Crippen MR) is 82.0 cm³/mol. The zero-order valence-electron chi connectivity index (χ0n) is 13.1. The number of rotatable bonds is 7. The van der Waals surface area contributed by atoms with Gasteiger partial charge in [0.2, 0.25) is 5.91 Å². The van der Waals surface area contributed by atoms with E-state index in [4.69, 9.17) is 4.74 Å². The molecule has 2 amide bonds. The summed E-state index contributed by atoms with van der Waals surface area (Å²) in [7, 11) is 3.37. The Balaban J connectivity index is 2.53. The minimum absolute atomic E-state index is 0.0979. The Kier molecular flexibility index (Phi) is 6.72. The van der Waals surface area contributed by atoms with Gasteiger partial charge >= 0.3 is 0 Å². The number of likely N-dealkylation sites (N-methyl/N-ethyl adjacent to an activating group) is 1. The van der Waals surface area contributed by atoms with Gasteiger partial charge in [0.15, 0.2) is 6.61 Å². The number of nitrogens with zero attached hydrogens (tertiary/aromatic N) is 1. The molecule has 116 valence electrons. The molecule has 0 heterocycles. The van der Waals surface area contributed by atoms with Gasteiger partial charge in [0, 0.05) is 14.1 Å². The first-order valence-corrected chi connectivity index (χ1v) is 7.08. The lowest BCUT2D eigenvalue weighted by Gasteiger charge is -2.23. The average Bonchev–Trinajstić information content (AvgIpc) is 2.44. The summed E-state index contributed by atoms with van der Waals surface area (Å²) in [6.45, 7) is 3.93. The summed E-state index contributed by atoms with van der Waals surface area (Å²) in [6.07, 6.45) is 0.605. The van der Waals surface area contributed by atoms with E-state index in [1.54, 1.807) is 26.2 Å². The lowest BCUT2D eigenvalue weighted by molar-refractivity contribution is -0.135. The molecule has 0 saturated heterocycles. The number of hydrogen-bond donors (Lipinski definition) is 1. The lowest BCUT2D eigenvalue weighted by atomic mass is 10.0. The van der Waals surface area contributed by atoms with Gasteiger partial charge in [-0.2, -0.15) is 0 Å². The Morgan fingerprint density at radius 1 is 1.19 bits per heavy atom. The molecule has 21 heavy (non-hydrogen) atoms. The largest absolute Gasteiger partial charge is 0.484 e. The molecule has 0 unspecified atom stereocenters. The van der Waals surface area contributed by atoms with Crippen molar-refractivity contribution in [2.45, 2.75) is 26.3 Å². The van der Waals surface area contributed by atoms with E-state index < -0.39 is 6.04 Å². The van der Waals surface area contributed by atoms with Crippen molar-refractivity contribution in [3.63, 3.8) is 0 Å². The standard InChI is InChI=1S/C16H24N2O3/c1-12(2)10-14(16(20)18(3)4)17-15(19)11-21-13-8-6-5-7-9-13/h5-9,12,14H,10-11H2,1-4H3,(H,17,19)/t14-/m0/s1. The van der Waals surface area contributed by atoms with Crippen molar-refractivity contribution >= 4 is 11.8 Å². The molecule has 0 aliphatic heterocycles. The fourth-order valence-electron chi connectivity index (χ4n) is 1.91. The summed E-state index contributed by atoms with van der Waals surface area (Å²) in [5, 5.41) is 2.74. The summed E-state index contributed by atoms with van der Waals surface area (Å²) >= 11 is 0. The maximum atomic E-state index is 12.1. The predicted octanol–water partition coefficient (Wildman–Crippen LogP) is 1.68. The first-order chi connectivity index (χ1) is 9.90. The van der Waals surface area contributed by atoms with Crippen LogP contribution in [0, 0.1) is 5.92 Å². The van der Waals surface area contributed by atoms with Crippen LogP contribution in [-0.4, -0.2) is 43.5 Å². The van der Waals surface area contributed by atoms with Crippen molar-refractivity contribution in [1.29, 1.82) is 0 Å². The van der Waals surface area contributed by atoms with E-state index in [1.807, 2.05) is 32.0 Å². The molecule has 0 bridgehead atoms. The van der Waals surface area contributed by atoms with Gasteiger partial charge in [0.05, 0.1) is 0 Å². The second-order valence-electron chi connectivity index (χ2n) is 5.58. The van der Waals surface area contributed by atoms with Gasteiger partial charge in [-0.1, -0.05) is 32.0 Å². The minimum Gasteiger partial charge on any atom is -0.484 e. The molecule has 1 aromatic rings. The second-order valence-corrected chi connectivity index (χ2v) is 5.58. The molecule has 1 atom stereocenters. The first-order valence-electron chi connectivity index (χ1n) is 7.08. The van der Waals surface area contributed by atoms with Crippen LogP contribution in [0.2, 0.25) is 0 Å².